The van der Waals surface area contributed by atoms with Crippen LogP contribution in [0, 0.1) is 0 Å². The van der Waals surface area contributed by atoms with Crippen LogP contribution in [0.2, 0.25) is 0 Å². The molecule has 0 saturated carbocycles. The van der Waals surface area contributed by atoms with Gasteiger partial charge in [-0.1, -0.05) is 172 Å². The topological polar surface area (TPSA) is 3.24 Å². The average molecular weight is 848 g/mol. The Morgan fingerprint density at radius 1 is 0.292 bits per heavy atom. The molecule has 1 aliphatic carbocycles. The first-order chi connectivity index (χ1) is 31.9. The van der Waals surface area contributed by atoms with Gasteiger partial charge in [0.25, 0.3) is 0 Å². The van der Waals surface area contributed by atoms with E-state index in [2.05, 4.69) is 255 Å². The summed E-state index contributed by atoms with van der Waals surface area (Å²) < 4.78 is 2.67. The molecule has 12 rings (SSSR count). The highest BCUT2D eigenvalue weighted by Crippen LogP contribution is 2.52. The lowest BCUT2D eigenvalue weighted by molar-refractivity contribution is 0.660. The molecular formula is C63H45NS. The number of thiophene rings is 1. The van der Waals surface area contributed by atoms with E-state index in [1.54, 1.807) is 0 Å². The summed E-state index contributed by atoms with van der Waals surface area (Å²) in [6, 6.07) is 87.1. The number of anilines is 3. The molecular weight excluding hydrogens is 803 g/mol. The van der Waals surface area contributed by atoms with Gasteiger partial charge in [-0.15, -0.1) is 11.3 Å². The molecule has 1 aliphatic rings. The molecule has 11 aromatic rings. The van der Waals surface area contributed by atoms with Gasteiger partial charge in [-0.25, -0.2) is 0 Å². The summed E-state index contributed by atoms with van der Waals surface area (Å²) in [5, 5.41) is 2.66. The average Bonchev–Trinajstić information content (AvgIpc) is 3.85. The molecule has 308 valence electrons. The fourth-order valence-electron chi connectivity index (χ4n) is 10.0. The summed E-state index contributed by atoms with van der Waals surface area (Å²) in [7, 11) is 0. The van der Waals surface area contributed by atoms with Gasteiger partial charge in [-0.05, 0) is 157 Å². The molecule has 2 heteroatoms. The van der Waals surface area contributed by atoms with E-state index in [1.807, 2.05) is 11.3 Å². The van der Waals surface area contributed by atoms with Gasteiger partial charge in [0.2, 0.25) is 0 Å². The van der Waals surface area contributed by atoms with Crippen molar-refractivity contribution in [2.24, 2.45) is 0 Å². The zero-order chi connectivity index (χ0) is 43.5. The Balaban J connectivity index is 0.935. The molecule has 0 N–H and O–H groups in total. The Kier molecular flexibility index (Phi) is 9.44. The van der Waals surface area contributed by atoms with Crippen LogP contribution >= 0.6 is 11.3 Å². The van der Waals surface area contributed by atoms with Crippen LogP contribution in [0.25, 0.3) is 86.9 Å². The lowest BCUT2D eigenvalue weighted by Gasteiger charge is -2.28. The second-order valence-electron chi connectivity index (χ2n) is 17.8. The van der Waals surface area contributed by atoms with Crippen LogP contribution < -0.4 is 4.90 Å². The Bertz CT molecular complexity index is 3470. The number of hydrogen-bond acceptors (Lipinski definition) is 2. The van der Waals surface area contributed by atoms with E-state index in [4.69, 9.17) is 0 Å². The quantitative estimate of drug-likeness (QED) is 0.147. The lowest BCUT2D eigenvalue weighted by atomic mass is 9.81. The van der Waals surface area contributed by atoms with E-state index in [-0.39, 0.29) is 5.41 Å². The number of hydrogen-bond donors (Lipinski definition) is 0. The maximum Gasteiger partial charge on any atom is 0.0465 e. The van der Waals surface area contributed by atoms with Gasteiger partial charge in [0, 0.05) is 42.6 Å². The van der Waals surface area contributed by atoms with Crippen molar-refractivity contribution in [1.29, 1.82) is 0 Å². The van der Waals surface area contributed by atoms with Gasteiger partial charge in [-0.2, -0.15) is 0 Å². The Labute approximate surface area is 385 Å². The largest absolute Gasteiger partial charge is 0.310 e. The van der Waals surface area contributed by atoms with E-state index in [0.29, 0.717) is 0 Å². The van der Waals surface area contributed by atoms with Crippen LogP contribution in [0.4, 0.5) is 17.1 Å². The third-order valence-electron chi connectivity index (χ3n) is 13.5. The van der Waals surface area contributed by atoms with Crippen molar-refractivity contribution in [2.45, 2.75) is 19.3 Å². The van der Waals surface area contributed by atoms with Gasteiger partial charge < -0.3 is 4.90 Å². The fourth-order valence-corrected chi connectivity index (χ4v) is 11.1. The van der Waals surface area contributed by atoms with E-state index < -0.39 is 0 Å². The summed E-state index contributed by atoms with van der Waals surface area (Å²) in [5.41, 5.74) is 20.6. The van der Waals surface area contributed by atoms with Crippen molar-refractivity contribution in [3.05, 3.63) is 248 Å². The maximum atomic E-state index is 2.44. The van der Waals surface area contributed by atoms with Crippen LogP contribution in [-0.4, -0.2) is 0 Å². The number of nitrogens with zero attached hydrogens (tertiary/aromatic N) is 1. The first-order valence-corrected chi connectivity index (χ1v) is 23.3. The van der Waals surface area contributed by atoms with Crippen molar-refractivity contribution < 1.29 is 0 Å². The van der Waals surface area contributed by atoms with Crippen molar-refractivity contribution >= 4 is 48.6 Å². The minimum atomic E-state index is -0.206. The van der Waals surface area contributed by atoms with Gasteiger partial charge in [0.1, 0.15) is 0 Å². The van der Waals surface area contributed by atoms with Crippen molar-refractivity contribution in [1.82, 2.24) is 0 Å². The second kappa shape index (κ2) is 15.8. The third-order valence-corrected chi connectivity index (χ3v) is 14.6. The smallest absolute Gasteiger partial charge is 0.0465 e. The van der Waals surface area contributed by atoms with Crippen LogP contribution in [0.1, 0.15) is 25.0 Å². The summed E-state index contributed by atoms with van der Waals surface area (Å²) >= 11 is 1.87. The molecule has 0 aliphatic heterocycles. The molecule has 0 saturated heterocycles. The second-order valence-corrected chi connectivity index (χ2v) is 18.8. The van der Waals surface area contributed by atoms with Crippen LogP contribution in [0.3, 0.4) is 0 Å². The molecule has 0 fully saturated rings. The van der Waals surface area contributed by atoms with E-state index in [0.717, 1.165) is 17.1 Å². The molecule has 0 spiro atoms. The molecule has 0 unspecified atom stereocenters. The molecule has 0 bridgehead atoms. The van der Waals surface area contributed by atoms with Gasteiger partial charge >= 0.3 is 0 Å². The predicted octanol–water partition coefficient (Wildman–Crippen LogP) is 18.2. The zero-order valence-electron chi connectivity index (χ0n) is 36.4. The molecule has 1 nitrogen and oxygen atoms in total. The minimum absolute atomic E-state index is 0.206. The number of benzene rings is 10. The van der Waals surface area contributed by atoms with Crippen molar-refractivity contribution in [3.8, 4) is 66.8 Å². The van der Waals surface area contributed by atoms with E-state index >= 15 is 0 Å². The Morgan fingerprint density at radius 3 is 1.28 bits per heavy atom. The summed E-state index contributed by atoms with van der Waals surface area (Å²) in [6.45, 7) is 4.78. The molecule has 1 heterocycles. The molecule has 10 aromatic carbocycles. The summed E-state index contributed by atoms with van der Waals surface area (Å²) in [6.07, 6.45) is 0. The molecule has 0 atom stereocenters. The highest BCUT2D eigenvalue weighted by molar-refractivity contribution is 7.25. The SMILES string of the molecule is CC1(C)c2cc(-c3ccc4sc5ccccc5c4c3)ccc2-c2ccc(N(c3ccc(-c4ccccc4)cc3)c3ccc(-c4cc(-c5ccccc5)cc(-c5ccccc5)c4)cc3)cc21. The monoisotopic (exact) mass is 847 g/mol. The number of rotatable bonds is 8. The zero-order valence-corrected chi connectivity index (χ0v) is 37.2. The molecule has 1 aromatic heterocycles. The molecule has 0 radical (unpaired) electrons. The number of fused-ring (bicyclic) bond motifs is 6. The summed E-state index contributed by atoms with van der Waals surface area (Å²) in [5.74, 6) is 0. The predicted molar refractivity (Wildman–Crippen MR) is 279 cm³/mol. The standard InChI is InChI=1S/C63H45NS/c1-63(2)59-40-48(47-27-35-62-58(39-47)57-20-12-13-21-61(57)65-62)26-33-55(59)56-34-32-54(41-60(56)63)64(52-28-22-45(23-29-52)42-14-6-3-7-15-42)53-30-24-46(25-31-53)51-37-49(43-16-8-4-9-17-43)36-50(38-51)44-18-10-5-11-19-44/h3-41H,1-2H3. The highest BCUT2D eigenvalue weighted by Gasteiger charge is 2.36. The van der Waals surface area contributed by atoms with Crippen LogP contribution in [0.5, 0.6) is 0 Å². The summed E-state index contributed by atoms with van der Waals surface area (Å²) in [4.78, 5) is 2.42. The van der Waals surface area contributed by atoms with Crippen LogP contribution in [0.15, 0.2) is 237 Å². The fraction of sp³-hybridized carbons (Fsp3) is 0.0476. The Hall–Kier alpha value is -7.78. The van der Waals surface area contributed by atoms with Crippen molar-refractivity contribution in [2.75, 3.05) is 4.90 Å². The first kappa shape index (κ1) is 38.9. The first-order valence-electron chi connectivity index (χ1n) is 22.5. The third kappa shape index (κ3) is 6.95. The molecule has 0 amide bonds. The normalized spacial score (nSPS) is 12.6. The van der Waals surface area contributed by atoms with Crippen molar-refractivity contribution in [3.63, 3.8) is 0 Å². The van der Waals surface area contributed by atoms with Gasteiger partial charge in [0.15, 0.2) is 0 Å². The minimum Gasteiger partial charge on any atom is -0.310 e. The van der Waals surface area contributed by atoms with Crippen LogP contribution in [-0.2, 0) is 5.41 Å². The lowest BCUT2D eigenvalue weighted by Crippen LogP contribution is -2.16. The molecule has 65 heavy (non-hydrogen) atoms. The van der Waals surface area contributed by atoms with E-state index in [9.17, 15) is 0 Å². The van der Waals surface area contributed by atoms with Gasteiger partial charge in [0.05, 0.1) is 0 Å². The van der Waals surface area contributed by atoms with E-state index in [1.165, 1.54) is 98.1 Å². The highest BCUT2D eigenvalue weighted by atomic mass is 32.1. The Morgan fingerprint density at radius 2 is 0.692 bits per heavy atom. The van der Waals surface area contributed by atoms with Gasteiger partial charge in [-0.3, -0.25) is 0 Å². The maximum absolute atomic E-state index is 2.44.